The molecule has 0 fully saturated rings. The summed E-state index contributed by atoms with van der Waals surface area (Å²) >= 11 is 1.85. The fourth-order valence-electron chi connectivity index (χ4n) is 7.37. The Bertz CT molecular complexity index is 2660. The molecule has 0 unspecified atom stereocenters. The highest BCUT2D eigenvalue weighted by molar-refractivity contribution is 7.25. The Morgan fingerprint density at radius 3 is 1.76 bits per heavy atom. The molecule has 1 aliphatic rings. The van der Waals surface area contributed by atoms with E-state index in [0.29, 0.717) is 17.5 Å². The molecule has 0 aliphatic heterocycles. The van der Waals surface area contributed by atoms with Crippen LogP contribution in [-0.4, -0.2) is 15.0 Å². The number of rotatable bonds is 6. The zero-order chi connectivity index (χ0) is 33.7. The van der Waals surface area contributed by atoms with Crippen molar-refractivity contribution >= 4 is 48.6 Å². The van der Waals surface area contributed by atoms with Gasteiger partial charge >= 0.3 is 0 Å². The summed E-state index contributed by atoms with van der Waals surface area (Å²) in [7, 11) is 0. The summed E-state index contributed by atoms with van der Waals surface area (Å²) in [4.78, 5) is 17.5. The molecule has 51 heavy (non-hydrogen) atoms. The van der Waals surface area contributed by atoms with Gasteiger partial charge in [0.2, 0.25) is 0 Å². The number of anilines is 3. The van der Waals surface area contributed by atoms with Crippen LogP contribution in [0, 0.1) is 0 Å². The van der Waals surface area contributed by atoms with Gasteiger partial charge in [-0.15, -0.1) is 11.3 Å². The predicted octanol–water partition coefficient (Wildman–Crippen LogP) is 12.3. The Labute approximate surface area is 300 Å². The largest absolute Gasteiger partial charge is 0.310 e. The monoisotopic (exact) mass is 670 g/mol. The van der Waals surface area contributed by atoms with Gasteiger partial charge in [0.1, 0.15) is 0 Å². The Morgan fingerprint density at radius 1 is 0.412 bits per heavy atom. The molecule has 0 saturated heterocycles. The van der Waals surface area contributed by atoms with Crippen LogP contribution in [0.15, 0.2) is 170 Å². The standard InChI is InChI=1S/C46H30N4S/c1-4-13-30(14-5-1)44-47-45(31-15-6-2-7-16-31)49-46(48-44)39-21-12-17-32-27-33-28-35(23-25-37(33)43(32)39)50(34-18-8-3-9-19-34)36-24-26-42-40(29-36)38-20-10-11-22-41(38)51-42/h1-26,28-29H,27H2. The molecule has 2 heterocycles. The van der Waals surface area contributed by atoms with E-state index in [1.54, 1.807) is 0 Å². The average Bonchev–Trinajstić information content (AvgIpc) is 3.77. The lowest BCUT2D eigenvalue weighted by Gasteiger charge is -2.26. The zero-order valence-electron chi connectivity index (χ0n) is 27.6. The number of para-hydroxylation sites is 1. The van der Waals surface area contributed by atoms with Crippen LogP contribution < -0.4 is 4.90 Å². The van der Waals surface area contributed by atoms with Crippen LogP contribution >= 0.6 is 11.3 Å². The zero-order valence-corrected chi connectivity index (χ0v) is 28.4. The molecule has 0 atom stereocenters. The fraction of sp³-hybridized carbons (Fsp3) is 0.0217. The first-order chi connectivity index (χ1) is 25.3. The van der Waals surface area contributed by atoms with E-state index in [4.69, 9.17) is 15.0 Å². The first-order valence-electron chi connectivity index (χ1n) is 17.2. The minimum Gasteiger partial charge on any atom is -0.310 e. The number of aromatic nitrogens is 3. The molecule has 0 saturated carbocycles. The third kappa shape index (κ3) is 5.18. The van der Waals surface area contributed by atoms with Crippen molar-refractivity contribution in [2.24, 2.45) is 0 Å². The fourth-order valence-corrected chi connectivity index (χ4v) is 8.46. The highest BCUT2D eigenvalue weighted by atomic mass is 32.1. The number of hydrogen-bond acceptors (Lipinski definition) is 5. The normalized spacial score (nSPS) is 11.8. The summed E-state index contributed by atoms with van der Waals surface area (Å²) in [6.07, 6.45) is 0.839. The molecule has 0 radical (unpaired) electrons. The molecular weight excluding hydrogens is 641 g/mol. The summed E-state index contributed by atoms with van der Waals surface area (Å²) in [5.41, 5.74) is 11.3. The second-order valence-electron chi connectivity index (χ2n) is 12.8. The smallest absolute Gasteiger partial charge is 0.164 e. The Hall–Kier alpha value is -6.43. The van der Waals surface area contributed by atoms with Crippen molar-refractivity contribution in [2.75, 3.05) is 4.90 Å². The molecule has 10 rings (SSSR count). The summed E-state index contributed by atoms with van der Waals surface area (Å²) in [6, 6.07) is 60.0. The van der Waals surface area contributed by atoms with Crippen LogP contribution in [0.2, 0.25) is 0 Å². The van der Waals surface area contributed by atoms with Gasteiger partial charge in [-0.3, -0.25) is 0 Å². The molecule has 0 amide bonds. The third-order valence-corrected chi connectivity index (χ3v) is 10.9. The molecule has 5 heteroatoms. The predicted molar refractivity (Wildman–Crippen MR) is 212 cm³/mol. The summed E-state index contributed by atoms with van der Waals surface area (Å²) in [5.74, 6) is 2.01. The molecular formula is C46H30N4S. The number of nitrogens with zero attached hydrogens (tertiary/aromatic N) is 4. The quantitative estimate of drug-likeness (QED) is 0.177. The van der Waals surface area contributed by atoms with Gasteiger partial charge in [-0.25, -0.2) is 15.0 Å². The van der Waals surface area contributed by atoms with E-state index in [1.807, 2.05) is 47.7 Å². The first-order valence-corrected chi connectivity index (χ1v) is 18.0. The van der Waals surface area contributed by atoms with Crippen LogP contribution in [-0.2, 0) is 6.42 Å². The van der Waals surface area contributed by atoms with Crippen LogP contribution in [0.3, 0.4) is 0 Å². The van der Waals surface area contributed by atoms with E-state index in [9.17, 15) is 0 Å². The van der Waals surface area contributed by atoms with E-state index in [-0.39, 0.29) is 0 Å². The SMILES string of the molecule is c1ccc(-c2nc(-c3ccccc3)nc(-c3cccc4c3-c3ccc(N(c5ccccc5)c5ccc6sc7ccccc7c6c5)cc3C4)n2)cc1. The van der Waals surface area contributed by atoms with E-state index < -0.39 is 0 Å². The highest BCUT2D eigenvalue weighted by Gasteiger charge is 2.26. The Morgan fingerprint density at radius 2 is 1.02 bits per heavy atom. The Kier molecular flexibility index (Phi) is 7.03. The molecule has 240 valence electrons. The maximum absolute atomic E-state index is 5.09. The van der Waals surface area contributed by atoms with Crippen LogP contribution in [0.5, 0.6) is 0 Å². The van der Waals surface area contributed by atoms with Crippen LogP contribution in [0.4, 0.5) is 17.1 Å². The van der Waals surface area contributed by atoms with Gasteiger partial charge < -0.3 is 4.90 Å². The minimum absolute atomic E-state index is 0.666. The Balaban J connectivity index is 1.10. The minimum atomic E-state index is 0.666. The van der Waals surface area contributed by atoms with Crippen molar-refractivity contribution < 1.29 is 0 Å². The van der Waals surface area contributed by atoms with E-state index in [1.165, 1.54) is 42.4 Å². The number of fused-ring (bicyclic) bond motifs is 6. The lowest BCUT2D eigenvalue weighted by Crippen LogP contribution is -2.10. The van der Waals surface area contributed by atoms with Gasteiger partial charge in [-0.1, -0.05) is 121 Å². The lowest BCUT2D eigenvalue weighted by atomic mass is 9.98. The van der Waals surface area contributed by atoms with Gasteiger partial charge in [-0.2, -0.15) is 0 Å². The molecule has 7 aromatic carbocycles. The van der Waals surface area contributed by atoms with Crippen molar-refractivity contribution in [2.45, 2.75) is 6.42 Å². The van der Waals surface area contributed by atoms with Crippen LogP contribution in [0.1, 0.15) is 11.1 Å². The maximum Gasteiger partial charge on any atom is 0.164 e. The molecule has 2 aromatic heterocycles. The molecule has 9 aromatic rings. The molecule has 4 nitrogen and oxygen atoms in total. The van der Waals surface area contributed by atoms with E-state index in [2.05, 4.69) is 138 Å². The van der Waals surface area contributed by atoms with Gasteiger partial charge in [0.25, 0.3) is 0 Å². The number of benzene rings is 7. The van der Waals surface area contributed by atoms with Crippen molar-refractivity contribution in [1.29, 1.82) is 0 Å². The van der Waals surface area contributed by atoms with Crippen molar-refractivity contribution in [3.05, 3.63) is 181 Å². The number of hydrogen-bond donors (Lipinski definition) is 0. The molecule has 0 N–H and O–H groups in total. The maximum atomic E-state index is 5.09. The highest BCUT2D eigenvalue weighted by Crippen LogP contribution is 2.46. The van der Waals surface area contributed by atoms with Crippen LogP contribution in [0.25, 0.3) is 65.5 Å². The molecule has 1 aliphatic carbocycles. The first kappa shape index (κ1) is 29.5. The molecule has 0 spiro atoms. The number of thiophene rings is 1. The topological polar surface area (TPSA) is 41.9 Å². The van der Waals surface area contributed by atoms with E-state index >= 15 is 0 Å². The second kappa shape index (κ2) is 12.2. The average molecular weight is 671 g/mol. The van der Waals surface area contributed by atoms with Crippen molar-refractivity contribution in [1.82, 2.24) is 15.0 Å². The van der Waals surface area contributed by atoms with Gasteiger partial charge in [0, 0.05) is 53.9 Å². The summed E-state index contributed by atoms with van der Waals surface area (Å²) in [6.45, 7) is 0. The summed E-state index contributed by atoms with van der Waals surface area (Å²) in [5, 5.41) is 2.59. The molecule has 0 bridgehead atoms. The van der Waals surface area contributed by atoms with E-state index in [0.717, 1.165) is 40.2 Å². The second-order valence-corrected chi connectivity index (χ2v) is 13.9. The summed E-state index contributed by atoms with van der Waals surface area (Å²) < 4.78 is 2.61. The van der Waals surface area contributed by atoms with Crippen molar-refractivity contribution in [3.8, 4) is 45.3 Å². The van der Waals surface area contributed by atoms with Gasteiger partial charge in [0.15, 0.2) is 17.5 Å². The third-order valence-electron chi connectivity index (χ3n) is 9.72. The van der Waals surface area contributed by atoms with Gasteiger partial charge in [-0.05, 0) is 77.2 Å². The van der Waals surface area contributed by atoms with Gasteiger partial charge in [0.05, 0.1) is 0 Å². The van der Waals surface area contributed by atoms with Crippen molar-refractivity contribution in [3.63, 3.8) is 0 Å². The lowest BCUT2D eigenvalue weighted by molar-refractivity contribution is 1.07.